The second-order valence-electron chi connectivity index (χ2n) is 2.13. The van der Waals surface area contributed by atoms with E-state index in [1.807, 2.05) is 12.1 Å². The van der Waals surface area contributed by atoms with Crippen LogP contribution < -0.4 is 9.97 Å². The van der Waals surface area contributed by atoms with E-state index in [9.17, 15) is 0 Å². The molecule has 1 nitrogen and oxygen atoms in total. The fourth-order valence-corrected chi connectivity index (χ4v) is 0.839. The van der Waals surface area contributed by atoms with Crippen molar-refractivity contribution in [3.05, 3.63) is 29.8 Å². The summed E-state index contributed by atoms with van der Waals surface area (Å²) >= 11 is 2.07. The van der Waals surface area contributed by atoms with Crippen molar-refractivity contribution >= 4 is 22.0 Å². The van der Waals surface area contributed by atoms with Gasteiger partial charge in [-0.1, -0.05) is 0 Å². The Morgan fingerprint density at radius 3 is 2.44 bits per heavy atom. The van der Waals surface area contributed by atoms with E-state index in [2.05, 4.69) is 29.8 Å². The van der Waals surface area contributed by atoms with E-state index in [4.69, 9.17) is 5.73 Å². The molecule has 2 heteroatoms. The van der Waals surface area contributed by atoms with Gasteiger partial charge in [0.2, 0.25) is 0 Å². The molecular formula is C7H8LiN. The van der Waals surface area contributed by atoms with Crippen LogP contribution in [0, 0.1) is 0 Å². The van der Waals surface area contributed by atoms with Gasteiger partial charge in [-0.05, 0) is 0 Å². The van der Waals surface area contributed by atoms with E-state index in [1.54, 1.807) is 0 Å². The van der Waals surface area contributed by atoms with Crippen molar-refractivity contribution < 1.29 is 0 Å². The van der Waals surface area contributed by atoms with Crippen molar-refractivity contribution in [3.63, 3.8) is 0 Å². The Morgan fingerprint density at radius 1 is 1.33 bits per heavy atom. The molecule has 0 spiro atoms. The number of nitrogens with two attached hydrogens (primary N) is 1. The summed E-state index contributed by atoms with van der Waals surface area (Å²) in [7, 11) is 0. The standard InChI is InChI=1S/C7H8N.Li/c8-6-7-4-2-1-3-5-7;/h1-4H,6,8H2;. The van der Waals surface area contributed by atoms with Crippen molar-refractivity contribution in [2.24, 2.45) is 5.73 Å². The Kier molecular flexibility index (Phi) is 2.36. The summed E-state index contributed by atoms with van der Waals surface area (Å²) in [5.41, 5.74) is 6.68. The van der Waals surface area contributed by atoms with Crippen LogP contribution >= 0.6 is 0 Å². The number of rotatable bonds is 1. The van der Waals surface area contributed by atoms with Gasteiger partial charge in [0, 0.05) is 0 Å². The van der Waals surface area contributed by atoms with Crippen molar-refractivity contribution in [1.82, 2.24) is 0 Å². The van der Waals surface area contributed by atoms with Crippen LogP contribution in [-0.2, 0) is 6.54 Å². The summed E-state index contributed by atoms with van der Waals surface area (Å²) < 4.78 is 1.28. The molecule has 0 atom stereocenters. The van der Waals surface area contributed by atoms with E-state index < -0.39 is 0 Å². The van der Waals surface area contributed by atoms with Gasteiger partial charge in [-0.2, -0.15) is 0 Å². The average Bonchev–Trinajstić information content (AvgIpc) is 1.89. The molecule has 0 radical (unpaired) electrons. The van der Waals surface area contributed by atoms with Gasteiger partial charge < -0.3 is 0 Å². The van der Waals surface area contributed by atoms with Crippen LogP contribution in [0.25, 0.3) is 0 Å². The Labute approximate surface area is 64.5 Å². The summed E-state index contributed by atoms with van der Waals surface area (Å²) in [6.45, 7) is 0.646. The summed E-state index contributed by atoms with van der Waals surface area (Å²) in [6, 6.07) is 8.15. The third-order valence-corrected chi connectivity index (χ3v) is 1.48. The second kappa shape index (κ2) is 3.08. The minimum absolute atomic E-state index is 0.646. The molecule has 0 aromatic heterocycles. The second-order valence-corrected chi connectivity index (χ2v) is 2.13. The van der Waals surface area contributed by atoms with E-state index in [0.717, 1.165) is 0 Å². The van der Waals surface area contributed by atoms with Crippen LogP contribution in [0.2, 0.25) is 0 Å². The zero-order valence-electron chi connectivity index (χ0n) is 5.59. The maximum absolute atomic E-state index is 5.45. The van der Waals surface area contributed by atoms with E-state index in [-0.39, 0.29) is 0 Å². The first-order valence-electron chi connectivity index (χ1n) is 3.09. The Balaban J connectivity index is 3.01. The predicted molar refractivity (Wildman–Crippen MR) is 39.7 cm³/mol. The molecule has 0 aliphatic rings. The quantitative estimate of drug-likeness (QED) is 0.507. The summed E-state index contributed by atoms with van der Waals surface area (Å²) in [6.07, 6.45) is 0. The van der Waals surface area contributed by atoms with Crippen molar-refractivity contribution in [1.29, 1.82) is 0 Å². The number of benzene rings is 1. The number of hydrogen-bond donors (Lipinski definition) is 1. The van der Waals surface area contributed by atoms with Gasteiger partial charge in [0.15, 0.2) is 0 Å². The summed E-state index contributed by atoms with van der Waals surface area (Å²) in [5.74, 6) is 0. The Bertz CT molecular complexity index is 198. The molecular weight excluding hydrogens is 105 g/mol. The van der Waals surface area contributed by atoms with Gasteiger partial charge in [0.1, 0.15) is 0 Å². The molecule has 1 aromatic carbocycles. The van der Waals surface area contributed by atoms with Crippen LogP contribution in [0.15, 0.2) is 24.3 Å². The SMILES string of the molecule is [Li][c]1ccccc1CN. The summed E-state index contributed by atoms with van der Waals surface area (Å²) in [4.78, 5) is 0. The van der Waals surface area contributed by atoms with Crippen LogP contribution in [0.5, 0.6) is 0 Å². The average molecular weight is 113 g/mol. The van der Waals surface area contributed by atoms with Crippen LogP contribution in [-0.4, -0.2) is 17.7 Å². The van der Waals surface area contributed by atoms with Gasteiger partial charge >= 0.3 is 64.1 Å². The maximum atomic E-state index is 5.45. The normalized spacial score (nSPS) is 9.67. The molecule has 0 saturated carbocycles. The van der Waals surface area contributed by atoms with Gasteiger partial charge in [0.05, 0.1) is 0 Å². The first kappa shape index (κ1) is 6.89. The van der Waals surface area contributed by atoms with E-state index >= 15 is 0 Å². The minimum atomic E-state index is 0.646. The van der Waals surface area contributed by atoms with Crippen LogP contribution in [0.3, 0.4) is 0 Å². The monoisotopic (exact) mass is 113 g/mol. The van der Waals surface area contributed by atoms with Gasteiger partial charge in [-0.25, -0.2) is 0 Å². The van der Waals surface area contributed by atoms with Crippen molar-refractivity contribution in [3.8, 4) is 0 Å². The van der Waals surface area contributed by atoms with Crippen LogP contribution in [0.1, 0.15) is 5.56 Å². The Morgan fingerprint density at radius 2 is 2.00 bits per heavy atom. The van der Waals surface area contributed by atoms with Gasteiger partial charge in [0.25, 0.3) is 0 Å². The third-order valence-electron chi connectivity index (χ3n) is 1.48. The molecule has 0 unspecified atom stereocenters. The molecule has 0 aliphatic carbocycles. The molecule has 42 valence electrons. The first-order valence-corrected chi connectivity index (χ1v) is 3.09. The zero-order valence-corrected chi connectivity index (χ0v) is 5.59. The van der Waals surface area contributed by atoms with E-state index in [0.29, 0.717) is 6.54 Å². The molecule has 9 heavy (non-hydrogen) atoms. The van der Waals surface area contributed by atoms with E-state index in [1.165, 1.54) is 9.80 Å². The number of hydrogen-bond acceptors (Lipinski definition) is 1. The molecule has 0 bridgehead atoms. The summed E-state index contributed by atoms with van der Waals surface area (Å²) in [5, 5.41) is 0. The van der Waals surface area contributed by atoms with Gasteiger partial charge in [-0.15, -0.1) is 0 Å². The molecule has 0 aliphatic heterocycles. The Hall–Kier alpha value is -0.223. The molecule has 0 saturated heterocycles. The fourth-order valence-electron chi connectivity index (χ4n) is 0.839. The first-order chi connectivity index (χ1) is 4.34. The zero-order chi connectivity index (χ0) is 6.69. The van der Waals surface area contributed by atoms with Crippen LogP contribution in [0.4, 0.5) is 0 Å². The molecule has 0 amide bonds. The topological polar surface area (TPSA) is 26.0 Å². The van der Waals surface area contributed by atoms with Crippen molar-refractivity contribution in [2.75, 3.05) is 0 Å². The molecule has 1 aromatic rings. The van der Waals surface area contributed by atoms with Crippen molar-refractivity contribution in [2.45, 2.75) is 6.54 Å². The fraction of sp³-hybridized carbons (Fsp3) is 0.143. The molecule has 2 N–H and O–H groups in total. The predicted octanol–water partition coefficient (Wildman–Crippen LogP) is -0.0609. The van der Waals surface area contributed by atoms with Gasteiger partial charge in [-0.3, -0.25) is 0 Å². The molecule has 0 fully saturated rings. The molecule has 0 heterocycles. The third kappa shape index (κ3) is 1.59. The molecule has 1 rings (SSSR count).